The number of esters is 3. The number of aliphatic hydroxyl groups is 1. The summed E-state index contributed by atoms with van der Waals surface area (Å²) in [6.07, 6.45) is 15.6. The molecule has 0 saturated carbocycles. The second kappa shape index (κ2) is 43.2. The minimum atomic E-state index is -1.08. The smallest absolute Gasteiger partial charge is 0.344 e. The van der Waals surface area contributed by atoms with Crippen molar-refractivity contribution < 1.29 is 88.8 Å². The van der Waals surface area contributed by atoms with Crippen molar-refractivity contribution in [2.24, 2.45) is 0 Å². The predicted molar refractivity (Wildman–Crippen MR) is 348 cm³/mol. The van der Waals surface area contributed by atoms with Gasteiger partial charge in [0.05, 0.1) is 89.4 Å². The van der Waals surface area contributed by atoms with Gasteiger partial charge < -0.3 is 69.6 Å². The van der Waals surface area contributed by atoms with Gasteiger partial charge in [-0.25, -0.2) is 19.2 Å². The monoisotopic (exact) mass is 1360 g/mol. The lowest BCUT2D eigenvalue weighted by molar-refractivity contribution is -0.929. The van der Waals surface area contributed by atoms with Gasteiger partial charge in [-0.05, 0) is 99.9 Å². The summed E-state index contributed by atoms with van der Waals surface area (Å²) in [6.45, 7) is 23.8. The summed E-state index contributed by atoms with van der Waals surface area (Å²) in [7, 11) is 0. The van der Waals surface area contributed by atoms with Crippen LogP contribution in [0.25, 0.3) is 40.3 Å². The third-order valence-electron chi connectivity index (χ3n) is 13.6. The summed E-state index contributed by atoms with van der Waals surface area (Å²) in [5, 5.41) is 21.1. The van der Waals surface area contributed by atoms with Crippen LogP contribution in [0, 0.1) is 0 Å². The maximum absolute atomic E-state index is 12.9. The van der Waals surface area contributed by atoms with Crippen molar-refractivity contribution >= 4 is 110 Å². The number of aliphatic hydroxyl groups excluding tert-OH is 1. The number of carboxylic acids is 1. The number of rotatable bonds is 36. The van der Waals surface area contributed by atoms with Crippen molar-refractivity contribution in [3.8, 4) is 11.5 Å². The standard InChI is InChI=1S/C25H25ClO8S.C16H36N.C15H9ClO4S.C10H16O4.BrH/c1-2-21(28)32-12-6-5-11-31-13-16(27)14-34-22(29)15-33-19-10-9-18(26)23-24(30)17-7-3-4-8-20(17)35-25(19)23;1-5-9-13-17(14-10-6-2,15-11-7-3)16-12-8-4;16-9-5-6-10(20-7-12(17)18)15-13(9)14(19)8-3-1-2-4-11(8)21-15;1-2-10(11)13-6-4-3-5-12-7-9-8-14-9;/h2-4,7-10,16,27H,1,5-6,11-15H2;5-16H2,1-4H3;1-6H,7H2,(H,17,18);2,9H,1,3-8H2;1H/q;+1;;;/p-1. The molecule has 3 heterocycles. The Hall–Kier alpha value is -5.52. The number of epoxide rings is 1. The fraction of sp³-hybridized carbons (Fsp3) is 0.485. The first-order valence-corrected chi connectivity index (χ1v) is 32.2. The van der Waals surface area contributed by atoms with Gasteiger partial charge >= 0.3 is 23.9 Å². The van der Waals surface area contributed by atoms with Crippen LogP contribution in [0.3, 0.4) is 0 Å². The predicted octanol–water partition coefficient (Wildman–Crippen LogP) is 10.3. The minimum Gasteiger partial charge on any atom is -1.00 e. The van der Waals surface area contributed by atoms with Gasteiger partial charge in [-0.1, -0.05) is 114 Å². The largest absolute Gasteiger partial charge is 1.00 e. The molecule has 0 radical (unpaired) electrons. The van der Waals surface area contributed by atoms with Crippen LogP contribution < -0.4 is 37.3 Å². The molecule has 0 aliphatic carbocycles. The van der Waals surface area contributed by atoms with Gasteiger partial charge in [0.15, 0.2) is 24.1 Å². The Balaban J connectivity index is 0.000000328. The molecule has 484 valence electrons. The topological polar surface area (TPSA) is 220 Å². The van der Waals surface area contributed by atoms with E-state index in [-0.39, 0.29) is 53.6 Å². The number of ether oxygens (including phenoxy) is 8. The zero-order valence-corrected chi connectivity index (χ0v) is 55.8. The number of unbranched alkanes of at least 4 members (excludes halogenated alkanes) is 6. The van der Waals surface area contributed by atoms with Crippen LogP contribution in [-0.4, -0.2) is 143 Å². The lowest BCUT2D eigenvalue weighted by atomic mass is 10.1. The van der Waals surface area contributed by atoms with Crippen LogP contribution in [-0.2, 0) is 47.6 Å². The fourth-order valence-electron chi connectivity index (χ4n) is 8.78. The molecule has 7 rings (SSSR count). The van der Waals surface area contributed by atoms with E-state index < -0.39 is 37.2 Å². The Morgan fingerprint density at radius 1 is 0.614 bits per heavy atom. The first kappa shape index (κ1) is 76.7. The van der Waals surface area contributed by atoms with E-state index in [1.165, 1.54) is 111 Å². The van der Waals surface area contributed by atoms with Crippen molar-refractivity contribution in [2.75, 3.05) is 92.2 Å². The second-order valence-electron chi connectivity index (χ2n) is 20.6. The molecule has 17 nitrogen and oxygen atoms in total. The van der Waals surface area contributed by atoms with Crippen molar-refractivity contribution in [1.82, 2.24) is 0 Å². The quantitative estimate of drug-likeness (QED) is 0.00710. The number of hydrogen-bond donors (Lipinski definition) is 2. The number of quaternary nitrogens is 1. The third kappa shape index (κ3) is 27.3. The highest BCUT2D eigenvalue weighted by molar-refractivity contribution is 7.25. The van der Waals surface area contributed by atoms with Gasteiger partial charge in [0.1, 0.15) is 30.3 Å². The molecule has 0 amide bonds. The van der Waals surface area contributed by atoms with E-state index in [0.29, 0.717) is 97.9 Å². The molecule has 2 unspecified atom stereocenters. The number of carbonyl (C=O) groups is 4. The number of halogens is 3. The van der Waals surface area contributed by atoms with Gasteiger partial charge in [0.2, 0.25) is 0 Å². The molecule has 1 aliphatic rings. The second-order valence-corrected chi connectivity index (χ2v) is 23.5. The van der Waals surface area contributed by atoms with Crippen molar-refractivity contribution in [3.63, 3.8) is 0 Å². The summed E-state index contributed by atoms with van der Waals surface area (Å²) in [4.78, 5) is 69.7. The van der Waals surface area contributed by atoms with Crippen LogP contribution in [0.4, 0.5) is 0 Å². The molecule has 1 saturated heterocycles. The van der Waals surface area contributed by atoms with E-state index in [0.717, 1.165) is 34.9 Å². The summed E-state index contributed by atoms with van der Waals surface area (Å²) < 4.78 is 45.3. The summed E-state index contributed by atoms with van der Waals surface area (Å²) in [5.41, 5.74) is -0.376. The average molecular weight is 1360 g/mol. The highest BCUT2D eigenvalue weighted by Gasteiger charge is 2.25. The van der Waals surface area contributed by atoms with Gasteiger partial charge in [-0.3, -0.25) is 9.59 Å². The van der Waals surface area contributed by atoms with Crippen LogP contribution in [0.5, 0.6) is 11.5 Å². The van der Waals surface area contributed by atoms with E-state index in [9.17, 15) is 33.9 Å². The molecule has 6 aromatic rings. The fourth-order valence-corrected chi connectivity index (χ4v) is 11.7. The molecule has 2 atom stereocenters. The van der Waals surface area contributed by atoms with E-state index in [1.54, 1.807) is 48.5 Å². The lowest BCUT2D eigenvalue weighted by Gasteiger charge is -2.39. The summed E-state index contributed by atoms with van der Waals surface area (Å²) in [5.74, 6) is -1.89. The number of hydrogen-bond acceptors (Lipinski definition) is 17. The number of carboxylic acid groups (broad SMARTS) is 1. The molecule has 2 N–H and O–H groups in total. The number of fused-ring (bicyclic) bond motifs is 4. The SMILES string of the molecule is C=CC(=O)OCCCCOCC(O)COC(=O)COc1ccc(Cl)c2c(=O)c3ccccc3sc12.C=CC(=O)OCCCCOCC1CO1.CCCC[N+](CCCC)(CCCC)CCCC.O=C(O)COc1ccc(Cl)c2c(=O)c3ccccc3sc12.[Br-]. The van der Waals surface area contributed by atoms with Crippen LogP contribution >= 0.6 is 45.9 Å². The Kier molecular flexibility index (Phi) is 37.7. The van der Waals surface area contributed by atoms with E-state index in [4.69, 9.17) is 66.2 Å². The zero-order valence-electron chi connectivity index (χ0n) is 51.0. The molecule has 4 aromatic carbocycles. The van der Waals surface area contributed by atoms with Crippen molar-refractivity contribution in [2.45, 2.75) is 117 Å². The highest BCUT2D eigenvalue weighted by Crippen LogP contribution is 2.37. The van der Waals surface area contributed by atoms with Gasteiger partial charge in [-0.2, -0.15) is 0 Å². The van der Waals surface area contributed by atoms with Gasteiger partial charge in [-0.15, -0.1) is 22.7 Å². The van der Waals surface area contributed by atoms with Gasteiger partial charge in [0, 0.05) is 45.5 Å². The molecule has 1 aliphatic heterocycles. The molecular weight excluding hydrogens is 1280 g/mol. The van der Waals surface area contributed by atoms with Crippen molar-refractivity contribution in [1.29, 1.82) is 0 Å². The third-order valence-corrected chi connectivity index (χ3v) is 16.6. The van der Waals surface area contributed by atoms with E-state index in [1.807, 2.05) is 24.3 Å². The van der Waals surface area contributed by atoms with Crippen LogP contribution in [0.1, 0.15) is 105 Å². The zero-order chi connectivity index (χ0) is 63.4. The number of nitrogens with zero attached hydrogens (tertiary/aromatic N) is 1. The molecule has 0 bridgehead atoms. The first-order valence-electron chi connectivity index (χ1n) is 29.8. The molecule has 2 aromatic heterocycles. The van der Waals surface area contributed by atoms with E-state index >= 15 is 0 Å². The minimum absolute atomic E-state index is 0. The normalized spacial score (nSPS) is 12.6. The van der Waals surface area contributed by atoms with Gasteiger partial charge in [0.25, 0.3) is 0 Å². The number of benzene rings is 4. The van der Waals surface area contributed by atoms with Crippen molar-refractivity contribution in [3.05, 3.63) is 129 Å². The molecule has 0 spiro atoms. The number of carbonyl (C=O) groups excluding carboxylic acids is 3. The molecule has 88 heavy (non-hydrogen) atoms. The van der Waals surface area contributed by atoms with Crippen LogP contribution in [0.2, 0.25) is 10.0 Å². The first-order chi connectivity index (χ1) is 42.0. The van der Waals surface area contributed by atoms with E-state index in [2.05, 4.69) is 40.9 Å². The highest BCUT2D eigenvalue weighted by atomic mass is 79.9. The Morgan fingerprint density at radius 3 is 1.45 bits per heavy atom. The Bertz CT molecular complexity index is 3210. The summed E-state index contributed by atoms with van der Waals surface area (Å²) >= 11 is 15.1. The molecule has 22 heteroatoms. The maximum atomic E-state index is 12.9. The Labute approximate surface area is 544 Å². The molecular formula is C66H86BrCl2NO16S2. The van der Waals surface area contributed by atoms with Crippen LogP contribution in [0.15, 0.2) is 108 Å². The maximum Gasteiger partial charge on any atom is 0.344 e. The Morgan fingerprint density at radius 2 is 1.03 bits per heavy atom. The lowest BCUT2D eigenvalue weighted by Crippen LogP contribution is -3.00. The number of aliphatic carboxylic acids is 1. The summed E-state index contributed by atoms with van der Waals surface area (Å²) in [6, 6.07) is 20.7. The average Bonchev–Trinajstić information content (AvgIpc) is 0.965. The molecule has 1 fully saturated rings.